The van der Waals surface area contributed by atoms with E-state index in [4.69, 9.17) is 4.52 Å². The first-order valence-corrected chi connectivity index (χ1v) is 7.66. The van der Waals surface area contributed by atoms with Crippen LogP contribution >= 0.6 is 8.60 Å². The maximum atomic E-state index is 9.17. The van der Waals surface area contributed by atoms with Crippen LogP contribution in [0.2, 0.25) is 0 Å². The fourth-order valence-corrected chi connectivity index (χ4v) is 2.80. The highest BCUT2D eigenvalue weighted by atomic mass is 31.2. The standard InChI is InChI=1S/C14H21O3P/c1-9(2)12-5-4-6-13(10(3)11-7-8-11)14(12)17-18(15)16/h4-6,9-11,15-16H,7-8H2,1-3H3. The second kappa shape index (κ2) is 5.56. The minimum Gasteiger partial charge on any atom is -0.426 e. The molecule has 0 saturated heterocycles. The number of para-hydroxylation sites is 1. The number of rotatable bonds is 5. The van der Waals surface area contributed by atoms with Gasteiger partial charge in [0.2, 0.25) is 0 Å². The Hall–Kier alpha value is -0.630. The lowest BCUT2D eigenvalue weighted by molar-refractivity contribution is 0.369. The van der Waals surface area contributed by atoms with E-state index in [9.17, 15) is 9.79 Å². The number of hydrogen-bond donors (Lipinski definition) is 2. The molecule has 0 radical (unpaired) electrons. The Kier molecular flexibility index (Phi) is 4.26. The van der Waals surface area contributed by atoms with Crippen LogP contribution < -0.4 is 4.52 Å². The predicted octanol–water partition coefficient (Wildman–Crippen LogP) is 3.91. The van der Waals surface area contributed by atoms with E-state index in [1.165, 1.54) is 12.8 Å². The summed E-state index contributed by atoms with van der Waals surface area (Å²) in [5.74, 6) is 2.14. The summed E-state index contributed by atoms with van der Waals surface area (Å²) in [6.45, 7) is 6.37. The molecule has 18 heavy (non-hydrogen) atoms. The Bertz CT molecular complexity index is 414. The summed E-state index contributed by atoms with van der Waals surface area (Å²) >= 11 is 0. The highest BCUT2D eigenvalue weighted by Gasteiger charge is 2.31. The molecule has 1 unspecified atom stereocenters. The van der Waals surface area contributed by atoms with Crippen LogP contribution in [-0.2, 0) is 0 Å². The van der Waals surface area contributed by atoms with Gasteiger partial charge in [-0.1, -0.05) is 39.0 Å². The number of benzene rings is 1. The van der Waals surface area contributed by atoms with E-state index in [1.807, 2.05) is 18.2 Å². The summed E-state index contributed by atoms with van der Waals surface area (Å²) < 4.78 is 5.31. The van der Waals surface area contributed by atoms with Gasteiger partial charge < -0.3 is 14.3 Å². The zero-order valence-electron chi connectivity index (χ0n) is 11.1. The smallest absolute Gasteiger partial charge is 0.391 e. The zero-order chi connectivity index (χ0) is 13.3. The van der Waals surface area contributed by atoms with Crippen molar-refractivity contribution in [1.29, 1.82) is 0 Å². The van der Waals surface area contributed by atoms with Crippen LogP contribution in [0.15, 0.2) is 18.2 Å². The van der Waals surface area contributed by atoms with Crippen LogP contribution in [-0.4, -0.2) is 9.79 Å². The lowest BCUT2D eigenvalue weighted by atomic mass is 9.90. The van der Waals surface area contributed by atoms with E-state index in [2.05, 4.69) is 20.8 Å². The van der Waals surface area contributed by atoms with Crippen LogP contribution in [0, 0.1) is 5.92 Å². The van der Waals surface area contributed by atoms with Gasteiger partial charge in [0.25, 0.3) is 0 Å². The zero-order valence-corrected chi connectivity index (χ0v) is 12.0. The Morgan fingerprint density at radius 1 is 1.17 bits per heavy atom. The molecule has 1 aromatic carbocycles. The van der Waals surface area contributed by atoms with Crippen LogP contribution in [0.4, 0.5) is 0 Å². The fourth-order valence-electron chi connectivity index (χ4n) is 2.42. The van der Waals surface area contributed by atoms with E-state index in [0.29, 0.717) is 17.6 Å². The van der Waals surface area contributed by atoms with E-state index in [1.54, 1.807) is 0 Å². The Morgan fingerprint density at radius 3 is 2.28 bits per heavy atom. The molecule has 0 heterocycles. The Balaban J connectivity index is 2.39. The summed E-state index contributed by atoms with van der Waals surface area (Å²) in [6, 6.07) is 6.08. The molecule has 2 rings (SSSR count). The van der Waals surface area contributed by atoms with Gasteiger partial charge in [0.15, 0.2) is 0 Å². The molecule has 0 spiro atoms. The van der Waals surface area contributed by atoms with E-state index >= 15 is 0 Å². The average molecular weight is 268 g/mol. The van der Waals surface area contributed by atoms with Gasteiger partial charge in [-0.05, 0) is 41.7 Å². The molecule has 4 heteroatoms. The summed E-state index contributed by atoms with van der Waals surface area (Å²) in [6.07, 6.45) is 2.53. The molecule has 1 saturated carbocycles. The van der Waals surface area contributed by atoms with Gasteiger partial charge >= 0.3 is 8.60 Å². The topological polar surface area (TPSA) is 49.7 Å². The van der Waals surface area contributed by atoms with Crippen LogP contribution in [0.1, 0.15) is 56.6 Å². The maximum Gasteiger partial charge on any atom is 0.391 e. The SMILES string of the molecule is CC(C)c1cccc(C(C)C2CC2)c1OP(O)O. The molecule has 1 aromatic rings. The van der Waals surface area contributed by atoms with Gasteiger partial charge in [0.1, 0.15) is 5.75 Å². The van der Waals surface area contributed by atoms with Crippen molar-refractivity contribution in [2.24, 2.45) is 5.92 Å². The second-order valence-corrected chi connectivity index (χ2v) is 6.08. The fraction of sp³-hybridized carbons (Fsp3) is 0.571. The minimum absolute atomic E-state index is 0.307. The highest BCUT2D eigenvalue weighted by molar-refractivity contribution is 7.39. The average Bonchev–Trinajstić information content (AvgIpc) is 3.11. The van der Waals surface area contributed by atoms with Gasteiger partial charge in [-0.2, -0.15) is 0 Å². The molecule has 3 nitrogen and oxygen atoms in total. The molecule has 0 amide bonds. The molecule has 1 aliphatic carbocycles. The van der Waals surface area contributed by atoms with E-state index in [-0.39, 0.29) is 0 Å². The lowest BCUT2D eigenvalue weighted by Gasteiger charge is -2.21. The molecule has 0 bridgehead atoms. The van der Waals surface area contributed by atoms with Crippen molar-refractivity contribution in [1.82, 2.24) is 0 Å². The molecule has 0 aromatic heterocycles. The monoisotopic (exact) mass is 268 g/mol. The molecule has 1 aliphatic rings. The third-order valence-corrected chi connectivity index (χ3v) is 4.04. The third-order valence-electron chi connectivity index (χ3n) is 3.69. The normalized spacial score (nSPS) is 17.3. The van der Waals surface area contributed by atoms with Crippen LogP contribution in [0.5, 0.6) is 5.75 Å². The van der Waals surface area contributed by atoms with E-state index < -0.39 is 8.60 Å². The molecule has 1 fully saturated rings. The maximum absolute atomic E-state index is 9.17. The summed E-state index contributed by atoms with van der Waals surface area (Å²) in [7, 11) is -2.36. The summed E-state index contributed by atoms with van der Waals surface area (Å²) in [5.41, 5.74) is 2.16. The van der Waals surface area contributed by atoms with Crippen molar-refractivity contribution < 1.29 is 14.3 Å². The van der Waals surface area contributed by atoms with Gasteiger partial charge in [-0.15, -0.1) is 0 Å². The van der Waals surface area contributed by atoms with Crippen LogP contribution in [0.25, 0.3) is 0 Å². The van der Waals surface area contributed by atoms with Crippen molar-refractivity contribution in [2.45, 2.75) is 45.4 Å². The van der Waals surface area contributed by atoms with Gasteiger partial charge in [0.05, 0.1) is 0 Å². The first kappa shape index (κ1) is 13.8. The number of hydrogen-bond acceptors (Lipinski definition) is 3. The molecular weight excluding hydrogens is 247 g/mol. The molecule has 1 atom stereocenters. The van der Waals surface area contributed by atoms with Crippen molar-refractivity contribution in [2.75, 3.05) is 0 Å². The van der Waals surface area contributed by atoms with Crippen molar-refractivity contribution in [3.05, 3.63) is 29.3 Å². The highest BCUT2D eigenvalue weighted by Crippen LogP contribution is 2.48. The molecular formula is C14H21O3P. The summed E-state index contributed by atoms with van der Waals surface area (Å²) in [5, 5.41) is 0. The minimum atomic E-state index is -2.36. The Labute approximate surface area is 110 Å². The van der Waals surface area contributed by atoms with Gasteiger partial charge in [0, 0.05) is 0 Å². The lowest BCUT2D eigenvalue weighted by Crippen LogP contribution is -2.03. The van der Waals surface area contributed by atoms with Crippen LogP contribution in [0.3, 0.4) is 0 Å². The predicted molar refractivity (Wildman–Crippen MR) is 73.7 cm³/mol. The van der Waals surface area contributed by atoms with E-state index in [0.717, 1.165) is 17.0 Å². The molecule has 2 N–H and O–H groups in total. The van der Waals surface area contributed by atoms with Crippen molar-refractivity contribution in [3.8, 4) is 5.75 Å². The Morgan fingerprint density at radius 2 is 1.78 bits per heavy atom. The first-order valence-electron chi connectivity index (χ1n) is 6.49. The van der Waals surface area contributed by atoms with Crippen molar-refractivity contribution >= 4 is 8.60 Å². The van der Waals surface area contributed by atoms with Gasteiger partial charge in [-0.25, -0.2) is 0 Å². The quantitative estimate of drug-likeness (QED) is 0.796. The largest absolute Gasteiger partial charge is 0.426 e. The second-order valence-electron chi connectivity index (χ2n) is 5.39. The van der Waals surface area contributed by atoms with Gasteiger partial charge in [-0.3, -0.25) is 0 Å². The first-order chi connectivity index (χ1) is 8.50. The molecule has 100 valence electrons. The van der Waals surface area contributed by atoms with Crippen molar-refractivity contribution in [3.63, 3.8) is 0 Å². The third kappa shape index (κ3) is 3.03. The molecule has 0 aliphatic heterocycles. The summed E-state index contributed by atoms with van der Waals surface area (Å²) in [4.78, 5) is 18.3.